The molecule has 2 heterocycles. The first-order valence-corrected chi connectivity index (χ1v) is 9.48. The maximum absolute atomic E-state index is 12.3. The van der Waals surface area contributed by atoms with Gasteiger partial charge in [0.25, 0.3) is 0 Å². The van der Waals surface area contributed by atoms with Crippen LogP contribution >= 0.6 is 11.3 Å². The number of rotatable bonds is 6. The molecule has 0 radical (unpaired) electrons. The van der Waals surface area contributed by atoms with E-state index in [0.29, 0.717) is 33.9 Å². The Hall–Kier alpha value is -3.00. The Morgan fingerprint density at radius 2 is 2.04 bits per heavy atom. The predicted octanol–water partition coefficient (Wildman–Crippen LogP) is 4.13. The number of hydrogen-bond acceptors (Lipinski definition) is 7. The average molecular weight is 384 g/mol. The first kappa shape index (κ1) is 18.8. The van der Waals surface area contributed by atoms with E-state index in [-0.39, 0.29) is 5.91 Å². The van der Waals surface area contributed by atoms with E-state index in [1.165, 1.54) is 24.6 Å². The number of ether oxygens (including phenoxy) is 1. The molecule has 1 aromatic carbocycles. The lowest BCUT2D eigenvalue weighted by atomic mass is 10.1. The Labute approximate surface area is 160 Å². The molecule has 0 aliphatic heterocycles. The van der Waals surface area contributed by atoms with Crippen molar-refractivity contribution in [1.82, 2.24) is 9.97 Å². The number of aromatic nitrogens is 2. The number of thiophene rings is 1. The number of carbonyl (C=O) groups excluding carboxylic acids is 2. The molecule has 0 saturated heterocycles. The molecule has 1 amide bonds. The fraction of sp³-hybridized carbons (Fsp3) is 0.263. The standard InChI is InChI=1S/C19H20N4O3S/c1-4-12-6-7-13(22-11(3)24)8-15(12)23-17-16-14(19(25)26-5-2)9-27-18(16)21-10-20-17/h6-10H,4-5H2,1-3H3,(H,22,24)(H,20,21,23). The summed E-state index contributed by atoms with van der Waals surface area (Å²) in [6, 6.07) is 5.66. The van der Waals surface area contributed by atoms with Crippen molar-refractivity contribution in [2.24, 2.45) is 0 Å². The van der Waals surface area contributed by atoms with Gasteiger partial charge in [0.15, 0.2) is 0 Å². The highest BCUT2D eigenvalue weighted by Crippen LogP contribution is 2.33. The maximum Gasteiger partial charge on any atom is 0.339 e. The van der Waals surface area contributed by atoms with Crippen molar-refractivity contribution < 1.29 is 14.3 Å². The summed E-state index contributed by atoms with van der Waals surface area (Å²) >= 11 is 1.37. The van der Waals surface area contributed by atoms with Gasteiger partial charge in [-0.1, -0.05) is 13.0 Å². The maximum atomic E-state index is 12.3. The van der Waals surface area contributed by atoms with Crippen LogP contribution in [0.3, 0.4) is 0 Å². The number of anilines is 3. The third-order valence-corrected chi connectivity index (χ3v) is 4.82. The summed E-state index contributed by atoms with van der Waals surface area (Å²) in [6.45, 7) is 5.57. The summed E-state index contributed by atoms with van der Waals surface area (Å²) in [7, 11) is 0. The van der Waals surface area contributed by atoms with Crippen LogP contribution in [0.4, 0.5) is 17.2 Å². The van der Waals surface area contributed by atoms with Gasteiger partial charge in [0.2, 0.25) is 5.91 Å². The normalized spacial score (nSPS) is 10.6. The Morgan fingerprint density at radius 3 is 2.74 bits per heavy atom. The molecule has 0 spiro atoms. The van der Waals surface area contributed by atoms with E-state index in [1.807, 2.05) is 25.1 Å². The molecule has 0 fully saturated rings. The van der Waals surface area contributed by atoms with Crippen LogP contribution in [0.2, 0.25) is 0 Å². The molecule has 3 rings (SSSR count). The molecule has 27 heavy (non-hydrogen) atoms. The van der Waals surface area contributed by atoms with E-state index in [4.69, 9.17) is 4.74 Å². The highest BCUT2D eigenvalue weighted by Gasteiger charge is 2.19. The summed E-state index contributed by atoms with van der Waals surface area (Å²) in [5.41, 5.74) is 2.99. The number of fused-ring (bicyclic) bond motifs is 1. The van der Waals surface area contributed by atoms with Gasteiger partial charge in [0, 0.05) is 23.7 Å². The number of aryl methyl sites for hydroxylation is 1. The molecule has 2 aromatic heterocycles. The van der Waals surface area contributed by atoms with Crippen molar-refractivity contribution in [3.63, 3.8) is 0 Å². The van der Waals surface area contributed by atoms with Crippen LogP contribution in [0.15, 0.2) is 29.9 Å². The Morgan fingerprint density at radius 1 is 1.22 bits per heavy atom. The summed E-state index contributed by atoms with van der Waals surface area (Å²) in [5.74, 6) is -0.0136. The third-order valence-electron chi connectivity index (χ3n) is 3.93. The fourth-order valence-corrected chi connectivity index (χ4v) is 3.61. The molecule has 0 unspecified atom stereocenters. The van der Waals surface area contributed by atoms with Crippen LogP contribution in [0.5, 0.6) is 0 Å². The molecule has 140 valence electrons. The quantitative estimate of drug-likeness (QED) is 0.621. The van der Waals surface area contributed by atoms with Gasteiger partial charge < -0.3 is 15.4 Å². The van der Waals surface area contributed by atoms with Crippen LogP contribution in [0.25, 0.3) is 10.2 Å². The molecule has 8 heteroatoms. The summed E-state index contributed by atoms with van der Waals surface area (Å²) in [4.78, 5) is 32.9. The van der Waals surface area contributed by atoms with Gasteiger partial charge in [0.05, 0.1) is 17.6 Å². The van der Waals surface area contributed by atoms with Gasteiger partial charge >= 0.3 is 5.97 Å². The zero-order valence-corrected chi connectivity index (χ0v) is 16.1. The molecule has 0 aliphatic carbocycles. The zero-order chi connectivity index (χ0) is 19.4. The minimum Gasteiger partial charge on any atom is -0.462 e. The molecule has 3 aromatic rings. The predicted molar refractivity (Wildman–Crippen MR) is 107 cm³/mol. The molecule has 0 atom stereocenters. The van der Waals surface area contributed by atoms with Crippen LogP contribution in [-0.2, 0) is 16.0 Å². The van der Waals surface area contributed by atoms with Crippen molar-refractivity contribution in [1.29, 1.82) is 0 Å². The number of amides is 1. The Balaban J connectivity index is 2.05. The van der Waals surface area contributed by atoms with Crippen LogP contribution in [0, 0.1) is 0 Å². The first-order chi connectivity index (χ1) is 13.0. The molecular weight excluding hydrogens is 364 g/mol. The van der Waals surface area contributed by atoms with Gasteiger partial charge in [-0.2, -0.15) is 0 Å². The van der Waals surface area contributed by atoms with Gasteiger partial charge in [-0.05, 0) is 31.0 Å². The third kappa shape index (κ3) is 4.06. The lowest BCUT2D eigenvalue weighted by molar-refractivity contribution is -0.114. The minimum atomic E-state index is -0.399. The number of nitrogens with zero attached hydrogens (tertiary/aromatic N) is 2. The van der Waals surface area contributed by atoms with Gasteiger partial charge in [0.1, 0.15) is 17.0 Å². The van der Waals surface area contributed by atoms with Crippen molar-refractivity contribution in [3.8, 4) is 0 Å². The average Bonchev–Trinajstić information content (AvgIpc) is 3.07. The fourth-order valence-electron chi connectivity index (χ4n) is 2.74. The summed E-state index contributed by atoms with van der Waals surface area (Å²) in [6.07, 6.45) is 2.25. The van der Waals surface area contributed by atoms with Crippen LogP contribution in [0.1, 0.15) is 36.7 Å². The molecule has 0 saturated carbocycles. The highest BCUT2D eigenvalue weighted by molar-refractivity contribution is 7.17. The van der Waals surface area contributed by atoms with E-state index in [9.17, 15) is 9.59 Å². The SMILES string of the molecule is CCOC(=O)c1csc2ncnc(Nc3cc(NC(C)=O)ccc3CC)c12. The molecule has 0 aliphatic rings. The van der Waals surface area contributed by atoms with E-state index in [1.54, 1.807) is 12.3 Å². The van der Waals surface area contributed by atoms with E-state index in [2.05, 4.69) is 20.6 Å². The van der Waals surface area contributed by atoms with Crippen molar-refractivity contribution in [2.45, 2.75) is 27.2 Å². The second-order valence-electron chi connectivity index (χ2n) is 5.80. The van der Waals surface area contributed by atoms with Crippen LogP contribution in [-0.4, -0.2) is 28.5 Å². The first-order valence-electron chi connectivity index (χ1n) is 8.60. The monoisotopic (exact) mass is 384 g/mol. The van der Waals surface area contributed by atoms with Gasteiger partial charge in [-0.15, -0.1) is 11.3 Å². The van der Waals surface area contributed by atoms with Crippen molar-refractivity contribution in [3.05, 3.63) is 41.0 Å². The van der Waals surface area contributed by atoms with Gasteiger partial charge in [-0.25, -0.2) is 14.8 Å². The number of esters is 1. The highest BCUT2D eigenvalue weighted by atomic mass is 32.1. The minimum absolute atomic E-state index is 0.142. The second kappa shape index (κ2) is 8.13. The molecule has 7 nitrogen and oxygen atoms in total. The van der Waals surface area contributed by atoms with Crippen molar-refractivity contribution in [2.75, 3.05) is 17.2 Å². The number of benzene rings is 1. The smallest absolute Gasteiger partial charge is 0.339 e. The molecule has 0 bridgehead atoms. The van der Waals surface area contributed by atoms with E-state index >= 15 is 0 Å². The van der Waals surface area contributed by atoms with E-state index < -0.39 is 5.97 Å². The lowest BCUT2D eigenvalue weighted by Gasteiger charge is -2.14. The summed E-state index contributed by atoms with van der Waals surface area (Å²) in [5, 5.41) is 8.44. The summed E-state index contributed by atoms with van der Waals surface area (Å²) < 4.78 is 5.14. The van der Waals surface area contributed by atoms with E-state index in [0.717, 1.165) is 17.7 Å². The zero-order valence-electron chi connectivity index (χ0n) is 15.3. The van der Waals surface area contributed by atoms with Crippen molar-refractivity contribution >= 4 is 50.6 Å². The Bertz CT molecular complexity index is 1000. The van der Waals surface area contributed by atoms with Crippen LogP contribution < -0.4 is 10.6 Å². The van der Waals surface area contributed by atoms with Gasteiger partial charge in [-0.3, -0.25) is 4.79 Å². The number of hydrogen-bond donors (Lipinski definition) is 2. The Kier molecular flexibility index (Phi) is 5.66. The topological polar surface area (TPSA) is 93.2 Å². The lowest BCUT2D eigenvalue weighted by Crippen LogP contribution is -2.08. The number of nitrogens with one attached hydrogen (secondary N) is 2. The molecule has 2 N–H and O–H groups in total. The number of carbonyl (C=O) groups is 2. The largest absolute Gasteiger partial charge is 0.462 e. The second-order valence-corrected chi connectivity index (χ2v) is 6.66. The molecular formula is C19H20N4O3S.